The molecule has 2 heterocycles. The summed E-state index contributed by atoms with van der Waals surface area (Å²) in [6.45, 7) is 6.06. The molecule has 0 amide bonds. The van der Waals surface area contributed by atoms with Crippen molar-refractivity contribution in [1.82, 2.24) is 4.90 Å². The normalized spacial score (nSPS) is 31.8. The van der Waals surface area contributed by atoms with Gasteiger partial charge in [-0.25, -0.2) is 4.79 Å². The Balaban J connectivity index is 0.000000279. The fourth-order valence-electron chi connectivity index (χ4n) is 4.20. The number of rotatable bonds is 5. The molecule has 4 aliphatic rings. The van der Waals surface area contributed by atoms with Gasteiger partial charge in [-0.15, -0.1) is 0 Å². The Labute approximate surface area is 163 Å². The van der Waals surface area contributed by atoms with Crippen molar-refractivity contribution in [2.75, 3.05) is 39.5 Å². The maximum atomic E-state index is 10.6. The van der Waals surface area contributed by atoms with E-state index < -0.39 is 12.1 Å². The van der Waals surface area contributed by atoms with Crippen molar-refractivity contribution < 1.29 is 37.3 Å². The van der Waals surface area contributed by atoms with Crippen molar-refractivity contribution in [3.63, 3.8) is 0 Å². The average Bonchev–Trinajstić information content (AvgIpc) is 3.38. The van der Waals surface area contributed by atoms with Crippen LogP contribution in [0.3, 0.4) is 0 Å². The second-order valence-electron chi connectivity index (χ2n) is 8.15. The second kappa shape index (κ2) is 9.73. The number of fused-ring (bicyclic) bond motifs is 1. The molecule has 0 aromatic carbocycles. The summed E-state index contributed by atoms with van der Waals surface area (Å²) in [7, 11) is 0. The van der Waals surface area contributed by atoms with Gasteiger partial charge in [0.25, 0.3) is 0 Å². The van der Waals surface area contributed by atoms with Crippen LogP contribution in [0.5, 0.6) is 0 Å². The quantitative estimate of drug-likeness (QED) is 0.753. The van der Waals surface area contributed by atoms with E-state index in [1.165, 1.54) is 32.2 Å². The van der Waals surface area contributed by atoms with Gasteiger partial charge in [-0.1, -0.05) is 0 Å². The first kappa shape index (κ1) is 21.8. The number of ether oxygens (including phenoxy) is 3. The van der Waals surface area contributed by atoms with E-state index in [1.54, 1.807) is 0 Å². The molecular weight excluding hydrogens is 379 g/mol. The number of hydrogen-bond donors (Lipinski definition) is 1. The topological polar surface area (TPSA) is 68.2 Å². The molecule has 3 atom stereocenters. The molecule has 1 N–H and O–H groups in total. The lowest BCUT2D eigenvalue weighted by atomic mass is 10.0. The van der Waals surface area contributed by atoms with E-state index >= 15 is 0 Å². The Morgan fingerprint density at radius 2 is 1.71 bits per heavy atom. The third-order valence-electron chi connectivity index (χ3n) is 5.97. The lowest BCUT2D eigenvalue weighted by Gasteiger charge is -2.39. The van der Waals surface area contributed by atoms with Crippen molar-refractivity contribution in [2.24, 2.45) is 11.8 Å². The molecular formula is C19H30F3NO5. The van der Waals surface area contributed by atoms with Crippen molar-refractivity contribution in [2.45, 2.75) is 63.0 Å². The molecule has 2 aliphatic heterocycles. The van der Waals surface area contributed by atoms with E-state index in [-0.39, 0.29) is 0 Å². The molecule has 2 aliphatic carbocycles. The van der Waals surface area contributed by atoms with Crippen molar-refractivity contribution in [3.8, 4) is 0 Å². The van der Waals surface area contributed by atoms with Crippen LogP contribution >= 0.6 is 0 Å². The van der Waals surface area contributed by atoms with Gasteiger partial charge in [-0.05, 0) is 50.4 Å². The third kappa shape index (κ3) is 6.30. The predicted molar refractivity (Wildman–Crippen MR) is 94.0 cm³/mol. The number of halogens is 3. The van der Waals surface area contributed by atoms with Crippen LogP contribution in [-0.4, -0.2) is 79.9 Å². The molecule has 9 heteroatoms. The molecule has 2 saturated heterocycles. The fourth-order valence-corrected chi connectivity index (χ4v) is 4.20. The zero-order chi connectivity index (χ0) is 20.1. The van der Waals surface area contributed by atoms with Gasteiger partial charge in [-0.3, -0.25) is 4.90 Å². The number of carboxylic acid groups (broad SMARTS) is 1. The first-order valence-corrected chi connectivity index (χ1v) is 10.2. The number of nitrogens with zero attached hydrogens (tertiary/aromatic N) is 1. The molecule has 0 unspecified atom stereocenters. The van der Waals surface area contributed by atoms with E-state index in [0.29, 0.717) is 24.2 Å². The summed E-state index contributed by atoms with van der Waals surface area (Å²) in [4.78, 5) is 11.6. The molecule has 28 heavy (non-hydrogen) atoms. The third-order valence-corrected chi connectivity index (χ3v) is 5.97. The van der Waals surface area contributed by atoms with E-state index in [2.05, 4.69) is 4.90 Å². The lowest BCUT2D eigenvalue weighted by Crippen LogP contribution is -2.52. The van der Waals surface area contributed by atoms with Crippen LogP contribution < -0.4 is 0 Å². The lowest BCUT2D eigenvalue weighted by molar-refractivity contribution is -0.192. The summed E-state index contributed by atoms with van der Waals surface area (Å²) < 4.78 is 49.5. The minimum absolute atomic E-state index is 0.331. The highest BCUT2D eigenvalue weighted by atomic mass is 19.4. The van der Waals surface area contributed by atoms with Crippen LogP contribution in [0.25, 0.3) is 0 Å². The molecule has 4 rings (SSSR count). The predicted octanol–water partition coefficient (Wildman–Crippen LogP) is 2.70. The average molecular weight is 409 g/mol. The fraction of sp³-hybridized carbons (Fsp3) is 0.947. The van der Waals surface area contributed by atoms with Gasteiger partial charge < -0.3 is 19.3 Å². The number of hydrogen-bond acceptors (Lipinski definition) is 5. The molecule has 0 aromatic heterocycles. The largest absolute Gasteiger partial charge is 0.490 e. The van der Waals surface area contributed by atoms with Gasteiger partial charge in [0.1, 0.15) is 0 Å². The highest BCUT2D eigenvalue weighted by Crippen LogP contribution is 2.36. The maximum Gasteiger partial charge on any atom is 0.490 e. The van der Waals surface area contributed by atoms with E-state index in [9.17, 15) is 13.2 Å². The Hall–Kier alpha value is -0.900. The van der Waals surface area contributed by atoms with Gasteiger partial charge in [0.15, 0.2) is 0 Å². The van der Waals surface area contributed by atoms with Gasteiger partial charge in [0.2, 0.25) is 0 Å². The van der Waals surface area contributed by atoms with Gasteiger partial charge in [0, 0.05) is 32.3 Å². The highest BCUT2D eigenvalue weighted by molar-refractivity contribution is 5.73. The number of alkyl halides is 3. The molecule has 162 valence electrons. The summed E-state index contributed by atoms with van der Waals surface area (Å²) in [6.07, 6.45) is 3.23. The number of carbonyl (C=O) groups is 1. The molecule has 0 radical (unpaired) electrons. The van der Waals surface area contributed by atoms with E-state index in [4.69, 9.17) is 24.1 Å². The smallest absolute Gasteiger partial charge is 0.475 e. The molecule has 2 saturated carbocycles. The van der Waals surface area contributed by atoms with Crippen LogP contribution in [0, 0.1) is 11.8 Å². The van der Waals surface area contributed by atoms with Gasteiger partial charge >= 0.3 is 12.1 Å². The number of aliphatic carboxylic acids is 1. The first-order valence-electron chi connectivity index (χ1n) is 10.2. The van der Waals surface area contributed by atoms with Crippen LogP contribution in [0.1, 0.15) is 38.5 Å². The monoisotopic (exact) mass is 409 g/mol. The van der Waals surface area contributed by atoms with Crippen molar-refractivity contribution in [3.05, 3.63) is 0 Å². The van der Waals surface area contributed by atoms with Crippen LogP contribution in [0.15, 0.2) is 0 Å². The summed E-state index contributed by atoms with van der Waals surface area (Å²) in [5, 5.41) is 7.12. The summed E-state index contributed by atoms with van der Waals surface area (Å²) in [5.74, 6) is -1.08. The minimum atomic E-state index is -5.08. The first-order chi connectivity index (χ1) is 13.3. The number of carboxylic acids is 1. The van der Waals surface area contributed by atoms with Crippen LogP contribution in [0.4, 0.5) is 13.2 Å². The molecule has 4 fully saturated rings. The molecule has 0 bridgehead atoms. The summed E-state index contributed by atoms with van der Waals surface area (Å²) in [6, 6.07) is 0.624. The molecule has 0 spiro atoms. The Kier molecular flexibility index (Phi) is 7.58. The summed E-state index contributed by atoms with van der Waals surface area (Å²) >= 11 is 0. The highest BCUT2D eigenvalue weighted by Gasteiger charge is 2.44. The minimum Gasteiger partial charge on any atom is -0.475 e. The standard InChI is InChI=1S/C17H29NO3.C2HF3O2/c1-2-13(1)11-18-7-10-20-17-15(18)3-4-16(17)21-12-14-5-8-19-9-6-14;3-2(4,5)1(6)7/h13-17H,1-12H2;(H,6,7)/t15-,16+,17+;/m0./s1. The Bertz CT molecular complexity index is 508. The maximum absolute atomic E-state index is 10.6. The van der Waals surface area contributed by atoms with E-state index in [1.807, 2.05) is 0 Å². The van der Waals surface area contributed by atoms with E-state index in [0.717, 1.165) is 51.7 Å². The van der Waals surface area contributed by atoms with Gasteiger partial charge in [-0.2, -0.15) is 13.2 Å². The van der Waals surface area contributed by atoms with Gasteiger partial charge in [0.05, 0.1) is 25.4 Å². The van der Waals surface area contributed by atoms with Crippen LogP contribution in [-0.2, 0) is 19.0 Å². The SMILES string of the molecule is C1CC(CO[C@@H]2CC[C@H]3[C@H]2OCCN3CC2CC2)CCO1.O=C(O)C(F)(F)F. The zero-order valence-corrected chi connectivity index (χ0v) is 16.0. The van der Waals surface area contributed by atoms with Crippen molar-refractivity contribution >= 4 is 5.97 Å². The molecule has 0 aromatic rings. The summed E-state index contributed by atoms with van der Waals surface area (Å²) in [5.41, 5.74) is 0. The van der Waals surface area contributed by atoms with Crippen molar-refractivity contribution in [1.29, 1.82) is 0 Å². The zero-order valence-electron chi connectivity index (χ0n) is 16.0. The Morgan fingerprint density at radius 3 is 2.32 bits per heavy atom. The second-order valence-corrected chi connectivity index (χ2v) is 8.15. The Morgan fingerprint density at radius 1 is 1.04 bits per heavy atom. The molecule has 6 nitrogen and oxygen atoms in total. The number of morpholine rings is 1. The van der Waals surface area contributed by atoms with Crippen LogP contribution in [0.2, 0.25) is 0 Å².